The van der Waals surface area contributed by atoms with Gasteiger partial charge in [-0.1, -0.05) is 30.3 Å². The van der Waals surface area contributed by atoms with Gasteiger partial charge in [-0.2, -0.15) is 0 Å². The van der Waals surface area contributed by atoms with Crippen LogP contribution in [0.1, 0.15) is 38.7 Å². The summed E-state index contributed by atoms with van der Waals surface area (Å²) in [7, 11) is -3.28. The van der Waals surface area contributed by atoms with Gasteiger partial charge in [0.1, 0.15) is 0 Å². The number of hydrogen-bond acceptors (Lipinski definition) is 4. The lowest BCUT2D eigenvalue weighted by molar-refractivity contribution is 0.0403. The van der Waals surface area contributed by atoms with E-state index in [0.29, 0.717) is 32.5 Å². The molecule has 0 spiro atoms. The maximum Gasteiger partial charge on any atom is 0.336 e. The second kappa shape index (κ2) is 7.06. The molecule has 1 aromatic rings. The number of rotatable bonds is 7. The standard InChI is InChI=1S/C16H25O4P/c1-3-19-21(18,20-4-2)15-11-8-12-16(15,17)13-14-9-6-5-7-10-14/h5-7,9-10,15,17H,3-4,8,11-13H2,1-2H3/t15-,16-/m0/s1. The fourth-order valence-corrected chi connectivity index (χ4v) is 5.68. The minimum Gasteiger partial charge on any atom is -0.389 e. The summed E-state index contributed by atoms with van der Waals surface area (Å²) < 4.78 is 23.9. The zero-order valence-electron chi connectivity index (χ0n) is 12.8. The van der Waals surface area contributed by atoms with Crippen molar-refractivity contribution in [2.24, 2.45) is 0 Å². The zero-order chi connectivity index (χ0) is 15.3. The summed E-state index contributed by atoms with van der Waals surface area (Å²) in [4.78, 5) is 0. The van der Waals surface area contributed by atoms with Crippen LogP contribution < -0.4 is 0 Å². The third-order valence-electron chi connectivity index (χ3n) is 4.06. The molecule has 0 aliphatic heterocycles. The summed E-state index contributed by atoms with van der Waals surface area (Å²) in [6.45, 7) is 4.26. The van der Waals surface area contributed by atoms with E-state index in [1.807, 2.05) is 30.3 Å². The SMILES string of the molecule is CCOP(=O)(OCC)[C@H]1CCC[C@]1(O)Cc1ccccc1. The third kappa shape index (κ3) is 3.75. The minimum atomic E-state index is -3.28. The van der Waals surface area contributed by atoms with E-state index in [1.165, 1.54) is 0 Å². The van der Waals surface area contributed by atoms with Gasteiger partial charge in [0.2, 0.25) is 0 Å². The van der Waals surface area contributed by atoms with Crippen molar-refractivity contribution in [1.82, 2.24) is 0 Å². The molecule has 1 aliphatic carbocycles. The van der Waals surface area contributed by atoms with Crippen LogP contribution in [0.5, 0.6) is 0 Å². The second-order valence-electron chi connectivity index (χ2n) is 5.55. The molecule has 0 aromatic heterocycles. The van der Waals surface area contributed by atoms with Crippen LogP contribution in [0.25, 0.3) is 0 Å². The maximum atomic E-state index is 13.0. The van der Waals surface area contributed by atoms with E-state index >= 15 is 0 Å². The summed E-state index contributed by atoms with van der Waals surface area (Å²) in [6.07, 6.45) is 2.65. The fourth-order valence-electron chi connectivity index (χ4n) is 3.22. The van der Waals surface area contributed by atoms with Gasteiger partial charge in [0.15, 0.2) is 0 Å². The molecule has 1 aromatic carbocycles. The Labute approximate surface area is 127 Å². The normalized spacial score (nSPS) is 26.1. The average molecular weight is 312 g/mol. The lowest BCUT2D eigenvalue weighted by atomic mass is 9.93. The van der Waals surface area contributed by atoms with E-state index in [-0.39, 0.29) is 0 Å². The summed E-state index contributed by atoms with van der Waals surface area (Å²) in [6, 6.07) is 9.82. The van der Waals surface area contributed by atoms with E-state index in [1.54, 1.807) is 13.8 Å². The van der Waals surface area contributed by atoms with Gasteiger partial charge in [-0.15, -0.1) is 0 Å². The summed E-state index contributed by atoms with van der Waals surface area (Å²) in [5.74, 6) is 0. The van der Waals surface area contributed by atoms with E-state index in [9.17, 15) is 9.67 Å². The van der Waals surface area contributed by atoms with Gasteiger partial charge in [0.25, 0.3) is 0 Å². The summed E-state index contributed by atoms with van der Waals surface area (Å²) in [5, 5.41) is 11.1. The van der Waals surface area contributed by atoms with Crippen molar-refractivity contribution < 1.29 is 18.7 Å². The molecule has 1 saturated carbocycles. The molecule has 0 heterocycles. The first-order valence-corrected chi connectivity index (χ1v) is 9.30. The number of hydrogen-bond donors (Lipinski definition) is 1. The smallest absolute Gasteiger partial charge is 0.336 e. The number of benzene rings is 1. The minimum absolute atomic E-state index is 0.329. The molecule has 1 fully saturated rings. The Morgan fingerprint density at radius 3 is 2.43 bits per heavy atom. The maximum absolute atomic E-state index is 13.0. The van der Waals surface area contributed by atoms with Crippen molar-refractivity contribution in [2.75, 3.05) is 13.2 Å². The van der Waals surface area contributed by atoms with Gasteiger partial charge >= 0.3 is 7.60 Å². The molecule has 4 nitrogen and oxygen atoms in total. The van der Waals surface area contributed by atoms with Crippen LogP contribution in [-0.2, 0) is 20.0 Å². The monoisotopic (exact) mass is 312 g/mol. The molecule has 2 rings (SSSR count). The Morgan fingerprint density at radius 1 is 1.24 bits per heavy atom. The van der Waals surface area contributed by atoms with Crippen LogP contribution in [0.3, 0.4) is 0 Å². The Balaban J connectivity index is 2.23. The van der Waals surface area contributed by atoms with Gasteiger partial charge in [0.05, 0.1) is 24.5 Å². The molecule has 1 aliphatic rings. The molecule has 118 valence electrons. The van der Waals surface area contributed by atoms with Gasteiger partial charge in [-0.05, 0) is 38.7 Å². The first-order chi connectivity index (χ1) is 10.0. The summed E-state index contributed by atoms with van der Waals surface area (Å²) >= 11 is 0. The first-order valence-electron chi connectivity index (χ1n) is 7.69. The molecule has 0 amide bonds. The highest BCUT2D eigenvalue weighted by molar-refractivity contribution is 7.54. The lowest BCUT2D eigenvalue weighted by Gasteiger charge is -2.34. The van der Waals surface area contributed by atoms with E-state index < -0.39 is 18.9 Å². The predicted molar refractivity (Wildman–Crippen MR) is 83.6 cm³/mol. The van der Waals surface area contributed by atoms with E-state index in [4.69, 9.17) is 9.05 Å². The van der Waals surface area contributed by atoms with Crippen LogP contribution in [0, 0.1) is 0 Å². The largest absolute Gasteiger partial charge is 0.389 e. The highest BCUT2D eigenvalue weighted by atomic mass is 31.2. The van der Waals surface area contributed by atoms with Crippen molar-refractivity contribution in [1.29, 1.82) is 0 Å². The van der Waals surface area contributed by atoms with Crippen molar-refractivity contribution in [3.63, 3.8) is 0 Å². The lowest BCUT2D eigenvalue weighted by Crippen LogP contribution is -2.40. The first kappa shape index (κ1) is 16.7. The van der Waals surface area contributed by atoms with Crippen molar-refractivity contribution in [3.05, 3.63) is 35.9 Å². The van der Waals surface area contributed by atoms with E-state index in [2.05, 4.69) is 0 Å². The van der Waals surface area contributed by atoms with Gasteiger partial charge in [-0.3, -0.25) is 4.57 Å². The molecule has 0 unspecified atom stereocenters. The predicted octanol–water partition coefficient (Wildman–Crippen LogP) is 3.78. The van der Waals surface area contributed by atoms with Crippen LogP contribution in [0.4, 0.5) is 0 Å². The molecular weight excluding hydrogens is 287 g/mol. The molecule has 0 saturated heterocycles. The molecular formula is C16H25O4P. The molecule has 2 atom stereocenters. The van der Waals surface area contributed by atoms with Crippen molar-refractivity contribution in [2.45, 2.75) is 50.8 Å². The van der Waals surface area contributed by atoms with Crippen LogP contribution >= 0.6 is 7.60 Å². The Kier molecular flexibility index (Phi) is 5.61. The Bertz CT molecular complexity index is 480. The third-order valence-corrected chi connectivity index (χ3v) is 6.80. The van der Waals surface area contributed by atoms with E-state index in [0.717, 1.165) is 12.0 Å². The molecule has 0 radical (unpaired) electrons. The summed E-state index contributed by atoms with van der Waals surface area (Å²) in [5.41, 5.74) is -0.405. The van der Waals surface area contributed by atoms with Crippen molar-refractivity contribution in [3.8, 4) is 0 Å². The quantitative estimate of drug-likeness (QED) is 0.779. The van der Waals surface area contributed by atoms with Crippen LogP contribution in [-0.4, -0.2) is 29.6 Å². The van der Waals surface area contributed by atoms with Gasteiger partial charge in [-0.25, -0.2) is 0 Å². The topological polar surface area (TPSA) is 55.8 Å². The van der Waals surface area contributed by atoms with Gasteiger partial charge < -0.3 is 14.2 Å². The Hall–Kier alpha value is -0.670. The van der Waals surface area contributed by atoms with Gasteiger partial charge in [0, 0.05) is 6.42 Å². The highest BCUT2D eigenvalue weighted by Gasteiger charge is 2.52. The fraction of sp³-hybridized carbons (Fsp3) is 0.625. The molecule has 0 bridgehead atoms. The number of aliphatic hydroxyl groups is 1. The molecule has 21 heavy (non-hydrogen) atoms. The van der Waals surface area contributed by atoms with Crippen LogP contribution in [0.15, 0.2) is 30.3 Å². The average Bonchev–Trinajstić information content (AvgIpc) is 2.82. The highest BCUT2D eigenvalue weighted by Crippen LogP contribution is 2.61. The molecule has 1 N–H and O–H groups in total. The second-order valence-corrected chi connectivity index (χ2v) is 7.77. The van der Waals surface area contributed by atoms with Crippen molar-refractivity contribution >= 4 is 7.60 Å². The zero-order valence-corrected chi connectivity index (χ0v) is 13.7. The Morgan fingerprint density at radius 2 is 1.86 bits per heavy atom. The van der Waals surface area contributed by atoms with Crippen LogP contribution in [0.2, 0.25) is 0 Å². The molecule has 5 heteroatoms.